The highest BCUT2D eigenvalue weighted by atomic mass is 79.9. The molecule has 17 heavy (non-hydrogen) atoms. The third kappa shape index (κ3) is 2.47. The number of ether oxygens (including phenoxy) is 1. The Hall–Kier alpha value is -1.42. The zero-order valence-corrected chi connectivity index (χ0v) is 11.6. The van der Waals surface area contributed by atoms with E-state index < -0.39 is 0 Å². The second-order valence-electron chi connectivity index (χ2n) is 3.85. The second-order valence-corrected chi connectivity index (χ2v) is 4.56. The summed E-state index contributed by atoms with van der Waals surface area (Å²) in [5.41, 5.74) is 4.25. The van der Waals surface area contributed by atoms with E-state index in [1.807, 2.05) is 26.0 Å². The summed E-state index contributed by atoms with van der Waals surface area (Å²) in [6.07, 6.45) is 1.74. The molecule has 0 bridgehead atoms. The minimum Gasteiger partial charge on any atom is -0.496 e. The van der Waals surface area contributed by atoms with Crippen molar-refractivity contribution in [1.29, 1.82) is 0 Å². The Morgan fingerprint density at radius 2 is 1.94 bits per heavy atom. The van der Waals surface area contributed by atoms with Gasteiger partial charge in [0, 0.05) is 11.8 Å². The zero-order valence-electron chi connectivity index (χ0n) is 9.99. The maximum absolute atomic E-state index is 5.30. The van der Waals surface area contributed by atoms with Crippen LogP contribution in [0.2, 0.25) is 0 Å². The van der Waals surface area contributed by atoms with E-state index in [4.69, 9.17) is 4.74 Å². The molecule has 0 saturated carbocycles. The number of nitrogens with zero attached hydrogens (tertiary/aromatic N) is 2. The number of benzene rings is 1. The first-order chi connectivity index (χ1) is 8.11. The lowest BCUT2D eigenvalue weighted by atomic mass is 10.0. The van der Waals surface area contributed by atoms with Crippen LogP contribution in [0.4, 0.5) is 0 Å². The van der Waals surface area contributed by atoms with E-state index in [9.17, 15) is 0 Å². The molecule has 0 radical (unpaired) electrons. The van der Waals surface area contributed by atoms with Crippen molar-refractivity contribution in [3.63, 3.8) is 0 Å². The smallest absolute Gasteiger partial charge is 0.197 e. The first kappa shape index (κ1) is 12.0. The van der Waals surface area contributed by atoms with Gasteiger partial charge in [-0.15, -0.1) is 0 Å². The molecule has 1 aromatic heterocycles. The normalized spacial score (nSPS) is 10.4. The molecule has 1 heterocycles. The molecule has 0 aliphatic carbocycles. The Kier molecular flexibility index (Phi) is 3.43. The van der Waals surface area contributed by atoms with E-state index in [2.05, 4.69) is 32.0 Å². The molecule has 0 unspecified atom stereocenters. The number of halogens is 1. The molecule has 2 aromatic rings. The molecule has 1 aromatic carbocycles. The van der Waals surface area contributed by atoms with Gasteiger partial charge in [0.1, 0.15) is 5.75 Å². The van der Waals surface area contributed by atoms with Gasteiger partial charge in [0.05, 0.1) is 12.8 Å². The highest BCUT2D eigenvalue weighted by Gasteiger charge is 2.08. The summed E-state index contributed by atoms with van der Waals surface area (Å²) >= 11 is 3.28. The molecule has 0 spiro atoms. The van der Waals surface area contributed by atoms with Gasteiger partial charge in [0.25, 0.3) is 0 Å². The Morgan fingerprint density at radius 3 is 2.59 bits per heavy atom. The lowest BCUT2D eigenvalue weighted by molar-refractivity contribution is 0.411. The molecule has 88 valence electrons. The summed E-state index contributed by atoms with van der Waals surface area (Å²) in [5.74, 6) is 0.902. The first-order valence-corrected chi connectivity index (χ1v) is 6.05. The second kappa shape index (κ2) is 4.84. The van der Waals surface area contributed by atoms with Gasteiger partial charge in [-0.2, -0.15) is 0 Å². The van der Waals surface area contributed by atoms with Gasteiger partial charge in [-0.25, -0.2) is 9.97 Å². The van der Waals surface area contributed by atoms with E-state index in [0.717, 1.165) is 28.1 Å². The van der Waals surface area contributed by atoms with E-state index in [1.165, 1.54) is 0 Å². The fraction of sp³-hybridized carbons (Fsp3) is 0.231. The van der Waals surface area contributed by atoms with Crippen molar-refractivity contribution in [2.75, 3.05) is 7.11 Å². The van der Waals surface area contributed by atoms with Gasteiger partial charge in [-0.1, -0.05) is 0 Å². The molecule has 3 nitrogen and oxygen atoms in total. The molecular weight excluding hydrogens is 280 g/mol. The van der Waals surface area contributed by atoms with Crippen molar-refractivity contribution < 1.29 is 4.74 Å². The number of rotatable bonds is 2. The van der Waals surface area contributed by atoms with Gasteiger partial charge < -0.3 is 4.74 Å². The largest absolute Gasteiger partial charge is 0.496 e. The number of hydrogen-bond acceptors (Lipinski definition) is 3. The fourth-order valence-electron chi connectivity index (χ4n) is 1.77. The summed E-state index contributed by atoms with van der Waals surface area (Å²) < 4.78 is 5.90. The molecule has 0 atom stereocenters. The average molecular weight is 293 g/mol. The van der Waals surface area contributed by atoms with Gasteiger partial charge in [0.2, 0.25) is 0 Å². The Bertz CT molecular complexity index is 555. The number of methoxy groups -OCH3 is 1. The van der Waals surface area contributed by atoms with Crippen LogP contribution in [0.25, 0.3) is 11.3 Å². The number of aryl methyl sites for hydroxylation is 2. The molecular formula is C13H13BrN2O. The highest BCUT2D eigenvalue weighted by Crippen LogP contribution is 2.29. The third-order valence-corrected chi connectivity index (χ3v) is 3.03. The van der Waals surface area contributed by atoms with Crippen molar-refractivity contribution in [2.24, 2.45) is 0 Å². The quantitative estimate of drug-likeness (QED) is 0.794. The molecule has 0 saturated heterocycles. The van der Waals surface area contributed by atoms with Crippen molar-refractivity contribution >= 4 is 15.9 Å². The average Bonchev–Trinajstić information content (AvgIpc) is 2.31. The summed E-state index contributed by atoms with van der Waals surface area (Å²) in [5, 5.41) is 0. The highest BCUT2D eigenvalue weighted by molar-refractivity contribution is 9.10. The summed E-state index contributed by atoms with van der Waals surface area (Å²) in [4.78, 5) is 8.40. The molecule has 2 rings (SSSR count). The van der Waals surface area contributed by atoms with E-state index in [1.54, 1.807) is 13.3 Å². The Balaban J connectivity index is 2.56. The summed E-state index contributed by atoms with van der Waals surface area (Å²) in [6, 6.07) is 6.02. The van der Waals surface area contributed by atoms with E-state index in [-0.39, 0.29) is 0 Å². The van der Waals surface area contributed by atoms with Gasteiger partial charge in [-0.3, -0.25) is 0 Å². The fourth-order valence-corrected chi connectivity index (χ4v) is 2.08. The molecule has 0 fully saturated rings. The van der Waals surface area contributed by atoms with Crippen molar-refractivity contribution in [2.45, 2.75) is 13.8 Å². The van der Waals surface area contributed by atoms with Crippen LogP contribution in [0.15, 0.2) is 29.1 Å². The maximum Gasteiger partial charge on any atom is 0.197 e. The van der Waals surface area contributed by atoms with Crippen molar-refractivity contribution in [1.82, 2.24) is 9.97 Å². The standard InChI is InChI=1S/C13H13BrN2O/c1-8-7-12(17-3)9(2)6-10(8)11-4-5-15-13(14)16-11/h4-7H,1-3H3. The molecule has 0 N–H and O–H groups in total. The lowest BCUT2D eigenvalue weighted by Gasteiger charge is -2.10. The first-order valence-electron chi connectivity index (χ1n) is 5.26. The maximum atomic E-state index is 5.30. The third-order valence-electron chi connectivity index (χ3n) is 2.64. The van der Waals surface area contributed by atoms with Crippen molar-refractivity contribution in [3.8, 4) is 17.0 Å². The van der Waals surface area contributed by atoms with Gasteiger partial charge >= 0.3 is 0 Å². The van der Waals surface area contributed by atoms with Gasteiger partial charge in [0.15, 0.2) is 4.73 Å². The number of hydrogen-bond donors (Lipinski definition) is 0. The van der Waals surface area contributed by atoms with Crippen LogP contribution in [0.5, 0.6) is 5.75 Å². The van der Waals surface area contributed by atoms with Crippen LogP contribution in [0.3, 0.4) is 0 Å². The zero-order chi connectivity index (χ0) is 12.4. The van der Waals surface area contributed by atoms with Crippen LogP contribution in [0.1, 0.15) is 11.1 Å². The monoisotopic (exact) mass is 292 g/mol. The van der Waals surface area contributed by atoms with Crippen LogP contribution >= 0.6 is 15.9 Å². The molecule has 0 amide bonds. The molecule has 4 heteroatoms. The van der Waals surface area contributed by atoms with Crippen LogP contribution in [0, 0.1) is 13.8 Å². The predicted molar refractivity (Wildman–Crippen MR) is 71.2 cm³/mol. The molecule has 0 aliphatic heterocycles. The minimum absolute atomic E-state index is 0.600. The van der Waals surface area contributed by atoms with Crippen LogP contribution in [-0.2, 0) is 0 Å². The topological polar surface area (TPSA) is 35.0 Å². The molecule has 0 aliphatic rings. The summed E-state index contributed by atoms with van der Waals surface area (Å²) in [7, 11) is 1.68. The Morgan fingerprint density at radius 1 is 1.18 bits per heavy atom. The predicted octanol–water partition coefficient (Wildman–Crippen LogP) is 3.53. The van der Waals surface area contributed by atoms with E-state index >= 15 is 0 Å². The number of aromatic nitrogens is 2. The summed E-state index contributed by atoms with van der Waals surface area (Å²) in [6.45, 7) is 4.07. The van der Waals surface area contributed by atoms with Crippen molar-refractivity contribution in [3.05, 3.63) is 40.3 Å². The lowest BCUT2D eigenvalue weighted by Crippen LogP contribution is -1.93. The van der Waals surface area contributed by atoms with E-state index in [0.29, 0.717) is 4.73 Å². The Labute approximate surface area is 109 Å². The van der Waals surface area contributed by atoms with Gasteiger partial charge in [-0.05, 0) is 59.1 Å². The SMILES string of the molecule is COc1cc(C)c(-c2ccnc(Br)n2)cc1C. The van der Waals surface area contributed by atoms with Crippen LogP contribution < -0.4 is 4.74 Å². The van der Waals surface area contributed by atoms with Crippen LogP contribution in [-0.4, -0.2) is 17.1 Å². The minimum atomic E-state index is 0.600.